The molecule has 35 heavy (non-hydrogen) atoms. The summed E-state index contributed by atoms with van der Waals surface area (Å²) >= 11 is 0. The molecule has 11 nitrogen and oxygen atoms in total. The van der Waals surface area contributed by atoms with Crippen molar-refractivity contribution in [2.75, 3.05) is 18.5 Å². The number of nitrogens with one attached hydrogen (secondary N) is 4. The molecule has 0 saturated heterocycles. The molecule has 2 aromatic carbocycles. The quantitative estimate of drug-likeness (QED) is 0.148. The highest BCUT2D eigenvalue weighted by Crippen LogP contribution is 2.16. The highest BCUT2D eigenvalue weighted by Gasteiger charge is 2.35. The van der Waals surface area contributed by atoms with Crippen LogP contribution in [-0.2, 0) is 35.3 Å². The van der Waals surface area contributed by atoms with Gasteiger partial charge in [0.05, 0.1) is 17.6 Å². The molecule has 0 saturated carbocycles. The van der Waals surface area contributed by atoms with Crippen molar-refractivity contribution in [3.8, 4) is 0 Å². The fourth-order valence-electron chi connectivity index (χ4n) is 3.01. The number of H-pyrrole nitrogens is 2. The van der Waals surface area contributed by atoms with Crippen molar-refractivity contribution in [2.45, 2.75) is 13.5 Å². The van der Waals surface area contributed by atoms with Gasteiger partial charge in [-0.3, -0.25) is 14.4 Å². The molecule has 182 valence electrons. The lowest BCUT2D eigenvalue weighted by Crippen LogP contribution is -2.44. The van der Waals surface area contributed by atoms with Crippen molar-refractivity contribution in [1.29, 1.82) is 0 Å². The average molecular weight is 480 g/mol. The van der Waals surface area contributed by atoms with Crippen LogP contribution in [0.25, 0.3) is 11.0 Å². The average Bonchev–Trinajstić information content (AvgIpc) is 3.20. The number of carbonyl (C=O) groups is 4. The summed E-state index contributed by atoms with van der Waals surface area (Å²) < 4.78 is 10.1. The van der Waals surface area contributed by atoms with Gasteiger partial charge < -0.3 is 30.1 Å². The lowest BCUT2D eigenvalue weighted by atomic mass is 10.1. The van der Waals surface area contributed by atoms with Crippen molar-refractivity contribution in [3.63, 3.8) is 0 Å². The van der Waals surface area contributed by atoms with Crippen molar-refractivity contribution < 1.29 is 28.7 Å². The fourth-order valence-corrected chi connectivity index (χ4v) is 3.01. The highest BCUT2D eigenvalue weighted by atomic mass is 16.5. The van der Waals surface area contributed by atoms with E-state index in [1.165, 1.54) is 19.1 Å². The number of ether oxygens (including phenoxy) is 2. The van der Waals surface area contributed by atoms with Crippen LogP contribution in [0.2, 0.25) is 0 Å². The maximum atomic E-state index is 12.9. The second kappa shape index (κ2) is 11.5. The summed E-state index contributed by atoms with van der Waals surface area (Å²) in [7, 11) is 0. The Morgan fingerprint density at radius 1 is 0.971 bits per heavy atom. The molecule has 11 heteroatoms. The van der Waals surface area contributed by atoms with Crippen LogP contribution in [0.15, 0.2) is 65.5 Å². The smallest absolute Gasteiger partial charge is 0.333 e. The van der Waals surface area contributed by atoms with E-state index in [-0.39, 0.29) is 31.0 Å². The molecule has 1 aromatic heterocycles. The Morgan fingerprint density at radius 2 is 1.69 bits per heavy atom. The Morgan fingerprint density at radius 3 is 2.40 bits per heavy atom. The largest absolute Gasteiger partial charge is 0.460 e. The Hall–Kier alpha value is -4.67. The molecule has 2 amide bonds. The van der Waals surface area contributed by atoms with E-state index in [0.717, 1.165) is 0 Å². The Kier molecular flexibility index (Phi) is 8.17. The van der Waals surface area contributed by atoms with E-state index < -0.39 is 35.4 Å². The minimum Gasteiger partial charge on any atom is -0.460 e. The third kappa shape index (κ3) is 6.90. The molecule has 1 unspecified atom stereocenters. The standard InChI is InChI=1S/C24H24N4O7/c1-14(2)22(31)34-11-10-25-20(29)19(23(32)35-13-15-6-4-3-5-7-15)21(30)26-16-8-9-17-18(12-16)28-24(33)27-17/h3-9,12,19H,1,10-11,13H2,2H3,(H,25,29)(H,26,30)(H2,27,28,33). The molecule has 3 rings (SSSR count). The molecule has 1 heterocycles. The minimum absolute atomic E-state index is 0.135. The molecule has 0 aliphatic carbocycles. The predicted molar refractivity (Wildman–Crippen MR) is 126 cm³/mol. The van der Waals surface area contributed by atoms with E-state index in [2.05, 4.69) is 27.2 Å². The Bertz CT molecular complexity index is 1310. The lowest BCUT2D eigenvalue weighted by molar-refractivity contribution is -0.156. The van der Waals surface area contributed by atoms with Crippen LogP contribution in [0.1, 0.15) is 12.5 Å². The fraction of sp³-hybridized carbons (Fsp3) is 0.208. The molecule has 0 aliphatic rings. The Balaban J connectivity index is 1.70. The number of hydrogen-bond acceptors (Lipinski definition) is 7. The van der Waals surface area contributed by atoms with Gasteiger partial charge in [-0.2, -0.15) is 0 Å². The summed E-state index contributed by atoms with van der Waals surface area (Å²) in [6, 6.07) is 13.3. The number of aromatic amines is 2. The summed E-state index contributed by atoms with van der Waals surface area (Å²) in [5.41, 5.74) is 1.65. The zero-order valence-corrected chi connectivity index (χ0v) is 18.9. The summed E-state index contributed by atoms with van der Waals surface area (Å²) in [5.74, 6) is -5.38. The molecule has 4 N–H and O–H groups in total. The van der Waals surface area contributed by atoms with Crippen LogP contribution < -0.4 is 16.3 Å². The normalized spacial score (nSPS) is 11.3. The number of benzene rings is 2. The molecule has 0 fully saturated rings. The highest BCUT2D eigenvalue weighted by molar-refractivity contribution is 6.19. The third-order valence-electron chi connectivity index (χ3n) is 4.75. The third-order valence-corrected chi connectivity index (χ3v) is 4.75. The molecule has 3 aromatic rings. The van der Waals surface area contributed by atoms with E-state index in [1.54, 1.807) is 36.4 Å². The van der Waals surface area contributed by atoms with Crippen molar-refractivity contribution in [3.05, 3.63) is 76.7 Å². The summed E-state index contributed by atoms with van der Waals surface area (Å²) in [4.78, 5) is 66.4. The first-order valence-electron chi connectivity index (χ1n) is 10.6. The lowest BCUT2D eigenvalue weighted by Gasteiger charge is -2.16. The number of rotatable bonds is 10. The number of esters is 2. The first-order chi connectivity index (χ1) is 16.7. The second-order valence-electron chi connectivity index (χ2n) is 7.56. The molecule has 1 atom stereocenters. The molecule has 0 radical (unpaired) electrons. The maximum Gasteiger partial charge on any atom is 0.333 e. The van der Waals surface area contributed by atoms with Gasteiger partial charge >= 0.3 is 17.6 Å². The topological polar surface area (TPSA) is 159 Å². The molecule has 0 spiro atoms. The van der Waals surface area contributed by atoms with E-state index in [1.807, 2.05) is 0 Å². The summed E-state index contributed by atoms with van der Waals surface area (Å²) in [6.45, 7) is 4.48. The van der Waals surface area contributed by atoms with E-state index in [0.29, 0.717) is 16.6 Å². The Labute approximate surface area is 199 Å². The van der Waals surface area contributed by atoms with Crippen LogP contribution in [-0.4, -0.2) is 46.9 Å². The molecular weight excluding hydrogens is 456 g/mol. The van der Waals surface area contributed by atoms with Gasteiger partial charge in [0, 0.05) is 11.3 Å². The van der Waals surface area contributed by atoms with Crippen LogP contribution >= 0.6 is 0 Å². The van der Waals surface area contributed by atoms with Gasteiger partial charge in [-0.25, -0.2) is 9.59 Å². The van der Waals surface area contributed by atoms with E-state index in [4.69, 9.17) is 9.47 Å². The van der Waals surface area contributed by atoms with Crippen molar-refractivity contribution >= 4 is 40.5 Å². The second-order valence-corrected chi connectivity index (χ2v) is 7.56. The van der Waals surface area contributed by atoms with E-state index in [9.17, 15) is 24.0 Å². The van der Waals surface area contributed by atoms with Crippen LogP contribution in [0, 0.1) is 5.92 Å². The van der Waals surface area contributed by atoms with Gasteiger partial charge in [-0.1, -0.05) is 36.9 Å². The number of imidazole rings is 1. The number of aromatic nitrogens is 2. The van der Waals surface area contributed by atoms with Crippen LogP contribution in [0.3, 0.4) is 0 Å². The number of amides is 2. The molecular formula is C24H24N4O7. The van der Waals surface area contributed by atoms with E-state index >= 15 is 0 Å². The SMILES string of the molecule is C=C(C)C(=O)OCCNC(=O)C(C(=O)Nc1ccc2[nH]c(=O)[nH]c2c1)C(=O)OCc1ccccc1. The molecule has 0 aliphatic heterocycles. The van der Waals surface area contributed by atoms with Gasteiger partial charge in [0.25, 0.3) is 0 Å². The van der Waals surface area contributed by atoms with Gasteiger partial charge in [0.15, 0.2) is 0 Å². The summed E-state index contributed by atoms with van der Waals surface area (Å²) in [6.07, 6.45) is 0. The van der Waals surface area contributed by atoms with Crippen molar-refractivity contribution in [2.24, 2.45) is 5.92 Å². The predicted octanol–water partition coefficient (Wildman–Crippen LogP) is 1.39. The zero-order chi connectivity index (χ0) is 25.4. The number of fused-ring (bicyclic) bond motifs is 1. The summed E-state index contributed by atoms with van der Waals surface area (Å²) in [5, 5.41) is 4.89. The van der Waals surface area contributed by atoms with Gasteiger partial charge in [-0.05, 0) is 30.7 Å². The number of carbonyl (C=O) groups excluding carboxylic acids is 4. The van der Waals surface area contributed by atoms with Gasteiger partial charge in [-0.15, -0.1) is 0 Å². The number of anilines is 1. The van der Waals surface area contributed by atoms with Gasteiger partial charge in [0.2, 0.25) is 17.7 Å². The van der Waals surface area contributed by atoms with Crippen LogP contribution in [0.4, 0.5) is 5.69 Å². The van der Waals surface area contributed by atoms with Crippen LogP contribution in [0.5, 0.6) is 0 Å². The monoisotopic (exact) mass is 480 g/mol. The zero-order valence-electron chi connectivity index (χ0n) is 18.9. The maximum absolute atomic E-state index is 12.9. The number of hydrogen-bond donors (Lipinski definition) is 4. The van der Waals surface area contributed by atoms with Crippen molar-refractivity contribution in [1.82, 2.24) is 15.3 Å². The molecule has 0 bridgehead atoms. The minimum atomic E-state index is -1.84. The first-order valence-corrected chi connectivity index (χ1v) is 10.6. The first kappa shape index (κ1) is 25.0. The van der Waals surface area contributed by atoms with Gasteiger partial charge in [0.1, 0.15) is 13.2 Å².